The SMILES string of the molecule is COCCOCCOCCOCCOP(=O)(O)OC. The average Bonchev–Trinajstić information content (AvgIpc) is 2.40. The van der Waals surface area contributed by atoms with Crippen molar-refractivity contribution in [3.63, 3.8) is 0 Å². The fourth-order valence-electron chi connectivity index (χ4n) is 0.948. The summed E-state index contributed by atoms with van der Waals surface area (Å²) in [5.74, 6) is 0. The lowest BCUT2D eigenvalue weighted by Crippen LogP contribution is -2.12. The third-order valence-corrected chi connectivity index (χ3v) is 2.86. The minimum Gasteiger partial charge on any atom is -0.382 e. The van der Waals surface area contributed by atoms with E-state index >= 15 is 0 Å². The fourth-order valence-corrected chi connectivity index (χ4v) is 1.36. The van der Waals surface area contributed by atoms with Crippen molar-refractivity contribution in [3.05, 3.63) is 0 Å². The van der Waals surface area contributed by atoms with Gasteiger partial charge in [-0.1, -0.05) is 0 Å². The number of rotatable bonds is 14. The van der Waals surface area contributed by atoms with Crippen LogP contribution in [0, 0.1) is 0 Å². The van der Waals surface area contributed by atoms with Crippen molar-refractivity contribution in [2.75, 3.05) is 67.1 Å². The van der Waals surface area contributed by atoms with Gasteiger partial charge in [0, 0.05) is 14.2 Å². The summed E-state index contributed by atoms with van der Waals surface area (Å²) in [5.41, 5.74) is 0. The van der Waals surface area contributed by atoms with E-state index in [-0.39, 0.29) is 13.2 Å². The van der Waals surface area contributed by atoms with Crippen LogP contribution in [0.2, 0.25) is 0 Å². The Bertz CT molecular complexity index is 238. The van der Waals surface area contributed by atoms with Crippen molar-refractivity contribution >= 4 is 7.82 Å². The van der Waals surface area contributed by atoms with E-state index in [9.17, 15) is 4.57 Å². The monoisotopic (exact) mass is 302 g/mol. The second-order valence-electron chi connectivity index (χ2n) is 3.31. The Hall–Kier alpha value is -0.0500. The average molecular weight is 302 g/mol. The van der Waals surface area contributed by atoms with Crippen molar-refractivity contribution in [3.8, 4) is 0 Å². The number of phosphoric acid groups is 1. The van der Waals surface area contributed by atoms with Crippen LogP contribution in [0.25, 0.3) is 0 Å². The summed E-state index contributed by atoms with van der Waals surface area (Å²) in [6.07, 6.45) is 0. The van der Waals surface area contributed by atoms with Gasteiger partial charge in [0.1, 0.15) is 0 Å². The first-order valence-electron chi connectivity index (χ1n) is 5.87. The first kappa shape index (κ1) is 18.9. The molecule has 0 bridgehead atoms. The summed E-state index contributed by atoms with van der Waals surface area (Å²) in [6, 6.07) is 0. The van der Waals surface area contributed by atoms with Crippen LogP contribution in [0.5, 0.6) is 0 Å². The third-order valence-electron chi connectivity index (χ3n) is 1.89. The molecule has 0 amide bonds. The molecular weight excluding hydrogens is 279 g/mol. The Morgan fingerprint density at radius 2 is 1.21 bits per heavy atom. The lowest BCUT2D eigenvalue weighted by Gasteiger charge is -2.09. The molecule has 0 heterocycles. The van der Waals surface area contributed by atoms with E-state index in [1.165, 1.54) is 0 Å². The van der Waals surface area contributed by atoms with Gasteiger partial charge in [-0.25, -0.2) is 4.57 Å². The molecule has 0 fully saturated rings. The van der Waals surface area contributed by atoms with Crippen LogP contribution in [0.1, 0.15) is 0 Å². The second-order valence-corrected chi connectivity index (χ2v) is 4.87. The molecule has 116 valence electrons. The van der Waals surface area contributed by atoms with Gasteiger partial charge in [0.05, 0.1) is 52.9 Å². The largest absolute Gasteiger partial charge is 0.471 e. The Labute approximate surface area is 113 Å². The van der Waals surface area contributed by atoms with E-state index in [1.54, 1.807) is 7.11 Å². The van der Waals surface area contributed by atoms with Gasteiger partial charge < -0.3 is 23.8 Å². The highest BCUT2D eigenvalue weighted by molar-refractivity contribution is 7.47. The highest BCUT2D eigenvalue weighted by Crippen LogP contribution is 2.41. The lowest BCUT2D eigenvalue weighted by atomic mass is 10.7. The van der Waals surface area contributed by atoms with Crippen molar-refractivity contribution < 1.29 is 37.5 Å². The topological polar surface area (TPSA) is 92.7 Å². The van der Waals surface area contributed by atoms with Crippen molar-refractivity contribution in [2.24, 2.45) is 0 Å². The van der Waals surface area contributed by atoms with Gasteiger partial charge in [0.2, 0.25) is 0 Å². The first-order valence-corrected chi connectivity index (χ1v) is 7.37. The summed E-state index contributed by atoms with van der Waals surface area (Å²) < 4.78 is 40.0. The van der Waals surface area contributed by atoms with E-state index in [4.69, 9.17) is 23.8 Å². The third kappa shape index (κ3) is 14.2. The summed E-state index contributed by atoms with van der Waals surface area (Å²) in [7, 11) is -1.18. The van der Waals surface area contributed by atoms with E-state index in [0.29, 0.717) is 39.6 Å². The second kappa shape index (κ2) is 13.0. The molecule has 0 aromatic heterocycles. The molecule has 0 saturated heterocycles. The van der Waals surface area contributed by atoms with Crippen molar-refractivity contribution in [2.45, 2.75) is 0 Å². The Morgan fingerprint density at radius 3 is 1.63 bits per heavy atom. The van der Waals surface area contributed by atoms with Crippen LogP contribution in [0.4, 0.5) is 0 Å². The maximum absolute atomic E-state index is 10.9. The normalized spacial score (nSPS) is 14.5. The molecule has 1 N–H and O–H groups in total. The standard InChI is InChI=1S/C10H23O8P/c1-13-3-4-15-5-6-16-7-8-17-9-10-18-19(11,12)14-2/h3-10H2,1-2H3,(H,11,12). The Morgan fingerprint density at radius 1 is 0.789 bits per heavy atom. The van der Waals surface area contributed by atoms with Crippen LogP contribution in [0.15, 0.2) is 0 Å². The maximum atomic E-state index is 10.9. The molecule has 0 spiro atoms. The lowest BCUT2D eigenvalue weighted by molar-refractivity contribution is -0.00129. The van der Waals surface area contributed by atoms with Crippen LogP contribution >= 0.6 is 7.82 Å². The fraction of sp³-hybridized carbons (Fsp3) is 1.00. The van der Waals surface area contributed by atoms with Crippen molar-refractivity contribution in [1.29, 1.82) is 0 Å². The van der Waals surface area contributed by atoms with Gasteiger partial charge >= 0.3 is 7.82 Å². The molecule has 0 aliphatic rings. The van der Waals surface area contributed by atoms with Crippen molar-refractivity contribution in [1.82, 2.24) is 0 Å². The van der Waals surface area contributed by atoms with Crippen LogP contribution in [0.3, 0.4) is 0 Å². The highest BCUT2D eigenvalue weighted by atomic mass is 31.2. The number of hydrogen-bond acceptors (Lipinski definition) is 7. The summed E-state index contributed by atoms with van der Waals surface area (Å²) in [5, 5.41) is 0. The number of methoxy groups -OCH3 is 1. The molecule has 9 heteroatoms. The van der Waals surface area contributed by atoms with E-state index < -0.39 is 7.82 Å². The molecule has 0 aromatic rings. The molecule has 0 saturated carbocycles. The molecule has 1 unspecified atom stereocenters. The van der Waals surface area contributed by atoms with Gasteiger partial charge in [-0.05, 0) is 0 Å². The molecule has 8 nitrogen and oxygen atoms in total. The first-order chi connectivity index (χ1) is 9.12. The van der Waals surface area contributed by atoms with Gasteiger partial charge in [0.25, 0.3) is 0 Å². The number of phosphoric ester groups is 1. The zero-order chi connectivity index (χ0) is 14.4. The zero-order valence-electron chi connectivity index (χ0n) is 11.4. The molecule has 0 aromatic carbocycles. The van der Waals surface area contributed by atoms with E-state index in [2.05, 4.69) is 9.05 Å². The van der Waals surface area contributed by atoms with Gasteiger partial charge in [-0.15, -0.1) is 0 Å². The Balaban J connectivity index is 3.09. The molecule has 0 rings (SSSR count). The van der Waals surface area contributed by atoms with Gasteiger partial charge in [-0.2, -0.15) is 0 Å². The predicted octanol–water partition coefficient (Wildman–Crippen LogP) is 0.446. The smallest absolute Gasteiger partial charge is 0.382 e. The molecule has 0 radical (unpaired) electrons. The minimum atomic E-state index is -3.89. The van der Waals surface area contributed by atoms with Gasteiger partial charge in [-0.3, -0.25) is 9.05 Å². The summed E-state index contributed by atoms with van der Waals surface area (Å²) >= 11 is 0. The minimum absolute atomic E-state index is 0.0122. The number of ether oxygens (including phenoxy) is 4. The van der Waals surface area contributed by atoms with Crippen LogP contribution in [-0.2, 0) is 32.6 Å². The predicted molar refractivity (Wildman–Crippen MR) is 67.1 cm³/mol. The Kier molecular flexibility index (Phi) is 12.9. The van der Waals surface area contributed by atoms with Crippen LogP contribution < -0.4 is 0 Å². The van der Waals surface area contributed by atoms with Gasteiger partial charge in [0.15, 0.2) is 0 Å². The molecule has 19 heavy (non-hydrogen) atoms. The summed E-state index contributed by atoms with van der Waals surface area (Å²) in [4.78, 5) is 8.89. The zero-order valence-corrected chi connectivity index (χ0v) is 12.3. The molecular formula is C10H23O8P. The number of hydrogen-bond donors (Lipinski definition) is 1. The van der Waals surface area contributed by atoms with Crippen LogP contribution in [-0.4, -0.2) is 72.0 Å². The quantitative estimate of drug-likeness (QED) is 0.365. The van der Waals surface area contributed by atoms with E-state index in [1.807, 2.05) is 0 Å². The van der Waals surface area contributed by atoms with E-state index in [0.717, 1.165) is 7.11 Å². The summed E-state index contributed by atoms with van der Waals surface area (Å²) in [6.45, 7) is 3.10. The maximum Gasteiger partial charge on any atom is 0.471 e. The molecule has 0 aliphatic carbocycles. The molecule has 1 atom stereocenters. The highest BCUT2D eigenvalue weighted by Gasteiger charge is 2.17. The molecule has 0 aliphatic heterocycles.